The molecule has 1 aliphatic heterocycles. The molecule has 0 unspecified atom stereocenters. The molecule has 0 bridgehead atoms. The third kappa shape index (κ3) is 2.99. The highest BCUT2D eigenvalue weighted by Crippen LogP contribution is 2.28. The van der Waals surface area contributed by atoms with Gasteiger partial charge in [0.25, 0.3) is 11.8 Å². The van der Waals surface area contributed by atoms with Crippen molar-refractivity contribution in [3.8, 4) is 0 Å². The van der Waals surface area contributed by atoms with Crippen LogP contribution in [-0.2, 0) is 11.2 Å². The van der Waals surface area contributed by atoms with E-state index in [0.717, 1.165) is 22.2 Å². The molecule has 1 atom stereocenters. The van der Waals surface area contributed by atoms with E-state index in [2.05, 4.69) is 0 Å². The Morgan fingerprint density at radius 3 is 2.04 bits per heavy atom. The molecule has 0 aromatic heterocycles. The summed E-state index contributed by atoms with van der Waals surface area (Å²) in [6, 6.07) is 15.4. The van der Waals surface area contributed by atoms with Gasteiger partial charge in [0.15, 0.2) is 0 Å². The van der Waals surface area contributed by atoms with Crippen LogP contribution in [0.4, 0.5) is 0 Å². The summed E-state index contributed by atoms with van der Waals surface area (Å²) in [4.78, 5) is 39.1. The fraction of sp³-hybridized carbons (Fsp3) is 0.211. The maximum atomic E-state index is 12.7. The normalized spacial score (nSPS) is 14.6. The van der Waals surface area contributed by atoms with Crippen LogP contribution in [-0.4, -0.2) is 33.6 Å². The third-order valence-corrected chi connectivity index (χ3v) is 4.81. The molecule has 5 heteroatoms. The molecule has 0 saturated carbocycles. The molecule has 4 nitrogen and oxygen atoms in total. The number of thioether (sulfide) groups is 1. The minimum Gasteiger partial charge on any atom is -0.285 e. The van der Waals surface area contributed by atoms with Crippen LogP contribution in [0.25, 0.3) is 0 Å². The number of carbonyl (C=O) groups excluding carboxylic acids is 3. The molecule has 0 N–H and O–H groups in total. The summed E-state index contributed by atoms with van der Waals surface area (Å²) in [7, 11) is 0. The molecular weight excluding hydrogens is 322 g/mol. The monoisotopic (exact) mass is 339 g/mol. The molecule has 0 aliphatic carbocycles. The molecule has 0 radical (unpaired) electrons. The molecule has 24 heavy (non-hydrogen) atoms. The van der Waals surface area contributed by atoms with Gasteiger partial charge in [0.05, 0.1) is 11.1 Å². The Kier molecular flexibility index (Phi) is 4.81. The Labute approximate surface area is 144 Å². The van der Waals surface area contributed by atoms with Gasteiger partial charge in [-0.1, -0.05) is 61.2 Å². The summed E-state index contributed by atoms with van der Waals surface area (Å²) in [5.74, 6) is -0.170. The smallest absolute Gasteiger partial charge is 0.262 e. The molecule has 0 fully saturated rings. The van der Waals surface area contributed by atoms with Crippen LogP contribution < -0.4 is 0 Å². The molecule has 1 aliphatic rings. The maximum absolute atomic E-state index is 12.7. The Morgan fingerprint density at radius 2 is 1.50 bits per heavy atom. The summed E-state index contributed by atoms with van der Waals surface area (Å²) in [6.07, 6.45) is 0.331. The second kappa shape index (κ2) is 7.01. The standard InChI is InChI=1S/C19H17NO3S/c1-2-24-19(23)16(12-13-8-4-3-5-9-13)20-17(21)14-10-6-7-11-15(14)18(20)22/h3-11,16H,2,12H2,1H3/t16-/m0/s1. The van der Waals surface area contributed by atoms with Crippen molar-refractivity contribution in [2.45, 2.75) is 19.4 Å². The number of carbonyl (C=O) groups is 3. The average molecular weight is 339 g/mol. The number of benzene rings is 2. The van der Waals surface area contributed by atoms with Gasteiger partial charge in [-0.15, -0.1) is 0 Å². The lowest BCUT2D eigenvalue weighted by Crippen LogP contribution is -2.45. The molecule has 2 aromatic rings. The molecule has 2 aromatic carbocycles. The van der Waals surface area contributed by atoms with Crippen molar-refractivity contribution >= 4 is 28.7 Å². The second-order valence-electron chi connectivity index (χ2n) is 5.48. The van der Waals surface area contributed by atoms with Gasteiger partial charge in [-0.05, 0) is 23.4 Å². The van der Waals surface area contributed by atoms with Crippen molar-refractivity contribution in [1.82, 2.24) is 4.90 Å². The first-order valence-corrected chi connectivity index (χ1v) is 8.79. The van der Waals surface area contributed by atoms with E-state index in [0.29, 0.717) is 23.3 Å². The first-order chi connectivity index (χ1) is 11.6. The van der Waals surface area contributed by atoms with Crippen LogP contribution in [0.1, 0.15) is 33.2 Å². The minimum atomic E-state index is -0.787. The molecule has 0 saturated heterocycles. The number of imide groups is 1. The van der Waals surface area contributed by atoms with E-state index < -0.39 is 6.04 Å². The van der Waals surface area contributed by atoms with Gasteiger partial charge in [0, 0.05) is 6.42 Å². The van der Waals surface area contributed by atoms with E-state index in [1.165, 1.54) is 0 Å². The quantitative estimate of drug-likeness (QED) is 0.785. The fourth-order valence-electron chi connectivity index (χ4n) is 2.85. The highest BCUT2D eigenvalue weighted by molar-refractivity contribution is 8.13. The van der Waals surface area contributed by atoms with Crippen LogP contribution in [0.15, 0.2) is 54.6 Å². The van der Waals surface area contributed by atoms with Gasteiger partial charge < -0.3 is 0 Å². The lowest BCUT2D eigenvalue weighted by molar-refractivity contribution is -0.114. The number of hydrogen-bond acceptors (Lipinski definition) is 4. The van der Waals surface area contributed by atoms with Gasteiger partial charge in [-0.25, -0.2) is 0 Å². The molecule has 2 amide bonds. The molecule has 122 valence electrons. The average Bonchev–Trinajstić information content (AvgIpc) is 2.86. The second-order valence-corrected chi connectivity index (χ2v) is 6.75. The van der Waals surface area contributed by atoms with Crippen LogP contribution >= 0.6 is 11.8 Å². The number of nitrogens with zero attached hydrogens (tertiary/aromatic N) is 1. The van der Waals surface area contributed by atoms with E-state index >= 15 is 0 Å². The van der Waals surface area contributed by atoms with E-state index in [1.807, 2.05) is 37.3 Å². The Bertz CT molecular complexity index is 753. The lowest BCUT2D eigenvalue weighted by Gasteiger charge is -2.24. The third-order valence-electron chi connectivity index (χ3n) is 3.97. The largest absolute Gasteiger partial charge is 0.285 e. The number of rotatable bonds is 5. The number of fused-ring (bicyclic) bond motifs is 1. The van der Waals surface area contributed by atoms with Crippen molar-refractivity contribution in [2.24, 2.45) is 0 Å². The maximum Gasteiger partial charge on any atom is 0.262 e. The molecular formula is C19H17NO3S. The summed E-state index contributed by atoms with van der Waals surface area (Å²) < 4.78 is 0. The fourth-order valence-corrected chi connectivity index (χ4v) is 3.51. The predicted molar refractivity (Wildman–Crippen MR) is 94.0 cm³/mol. The van der Waals surface area contributed by atoms with Gasteiger partial charge in [0.2, 0.25) is 5.12 Å². The van der Waals surface area contributed by atoms with Crippen LogP contribution in [0.5, 0.6) is 0 Å². The summed E-state index contributed by atoms with van der Waals surface area (Å²) in [5.41, 5.74) is 1.66. The predicted octanol–water partition coefficient (Wildman–Crippen LogP) is 3.17. The van der Waals surface area contributed by atoms with E-state index in [1.54, 1.807) is 24.3 Å². The SMILES string of the molecule is CCSC(=O)[C@H](Cc1ccccc1)N1C(=O)c2ccccc2C1=O. The van der Waals surface area contributed by atoms with E-state index in [4.69, 9.17) is 0 Å². The van der Waals surface area contributed by atoms with Gasteiger partial charge in [-0.2, -0.15) is 0 Å². The van der Waals surface area contributed by atoms with Crippen molar-refractivity contribution in [3.63, 3.8) is 0 Å². The Hall–Kier alpha value is -2.40. The Morgan fingerprint density at radius 1 is 0.958 bits per heavy atom. The zero-order valence-corrected chi connectivity index (χ0v) is 14.1. The number of amides is 2. The highest BCUT2D eigenvalue weighted by atomic mass is 32.2. The Balaban J connectivity index is 1.96. The lowest BCUT2D eigenvalue weighted by atomic mass is 10.1. The van der Waals surface area contributed by atoms with Crippen molar-refractivity contribution in [1.29, 1.82) is 0 Å². The van der Waals surface area contributed by atoms with Crippen molar-refractivity contribution < 1.29 is 14.4 Å². The minimum absolute atomic E-state index is 0.157. The van der Waals surface area contributed by atoms with Crippen LogP contribution in [0, 0.1) is 0 Å². The van der Waals surface area contributed by atoms with Crippen LogP contribution in [0.2, 0.25) is 0 Å². The van der Waals surface area contributed by atoms with E-state index in [9.17, 15) is 14.4 Å². The molecule has 3 rings (SSSR count). The van der Waals surface area contributed by atoms with Gasteiger partial charge in [0.1, 0.15) is 6.04 Å². The van der Waals surface area contributed by atoms with Crippen molar-refractivity contribution in [3.05, 3.63) is 71.3 Å². The molecule has 0 spiro atoms. The van der Waals surface area contributed by atoms with Crippen molar-refractivity contribution in [2.75, 3.05) is 5.75 Å². The summed E-state index contributed by atoms with van der Waals surface area (Å²) >= 11 is 1.14. The molecule has 1 heterocycles. The summed E-state index contributed by atoms with van der Waals surface area (Å²) in [6.45, 7) is 1.88. The topological polar surface area (TPSA) is 54.5 Å². The highest BCUT2D eigenvalue weighted by Gasteiger charge is 2.42. The van der Waals surface area contributed by atoms with Gasteiger partial charge >= 0.3 is 0 Å². The summed E-state index contributed by atoms with van der Waals surface area (Å²) in [5, 5.41) is -0.157. The zero-order chi connectivity index (χ0) is 17.1. The van der Waals surface area contributed by atoms with E-state index in [-0.39, 0.29) is 16.9 Å². The zero-order valence-electron chi connectivity index (χ0n) is 13.3. The van der Waals surface area contributed by atoms with Gasteiger partial charge in [-0.3, -0.25) is 19.3 Å². The van der Waals surface area contributed by atoms with Crippen LogP contribution in [0.3, 0.4) is 0 Å². The first-order valence-electron chi connectivity index (χ1n) is 7.81. The number of hydrogen-bond donors (Lipinski definition) is 0. The first kappa shape index (κ1) is 16.5.